The molecule has 37 heavy (non-hydrogen) atoms. The summed E-state index contributed by atoms with van der Waals surface area (Å²) in [5, 5.41) is 20.9. The van der Waals surface area contributed by atoms with Gasteiger partial charge in [-0.15, -0.1) is 0 Å². The summed E-state index contributed by atoms with van der Waals surface area (Å²) in [6, 6.07) is 14.0. The molecule has 0 aliphatic carbocycles. The van der Waals surface area contributed by atoms with Gasteiger partial charge in [0.25, 0.3) is 5.56 Å². The molecule has 9 heteroatoms. The molecule has 2 aromatic heterocycles. The molecule has 0 fully saturated rings. The minimum atomic E-state index is -0.804. The van der Waals surface area contributed by atoms with Gasteiger partial charge in [0.1, 0.15) is 40.2 Å². The Labute approximate surface area is 208 Å². The van der Waals surface area contributed by atoms with Gasteiger partial charge in [0, 0.05) is 34.0 Å². The van der Waals surface area contributed by atoms with E-state index in [1.807, 2.05) is 0 Å². The number of esters is 1. The number of carbonyl (C=O) groups excluding carboxylic acids is 1. The second-order valence-electron chi connectivity index (χ2n) is 8.77. The lowest BCUT2D eigenvalue weighted by atomic mass is 9.85. The van der Waals surface area contributed by atoms with Crippen molar-refractivity contribution in [3.8, 4) is 34.1 Å². The first-order chi connectivity index (χ1) is 17.8. The second kappa shape index (κ2) is 8.27. The number of phenolic OH excluding ortho intramolecular Hbond substituents is 2. The highest BCUT2D eigenvalue weighted by molar-refractivity contribution is 5.94. The Morgan fingerprint density at radius 3 is 2.54 bits per heavy atom. The number of hydrogen-bond acceptors (Lipinski definition) is 8. The highest BCUT2D eigenvalue weighted by Gasteiger charge is 2.35. The van der Waals surface area contributed by atoms with Crippen molar-refractivity contribution in [1.82, 2.24) is 4.98 Å². The lowest BCUT2D eigenvalue weighted by Crippen LogP contribution is -2.26. The summed E-state index contributed by atoms with van der Waals surface area (Å²) in [6.45, 7) is 0. The molecule has 0 radical (unpaired) electrons. The van der Waals surface area contributed by atoms with E-state index >= 15 is 0 Å². The highest BCUT2D eigenvalue weighted by Crippen LogP contribution is 2.45. The van der Waals surface area contributed by atoms with Crippen LogP contribution in [0.5, 0.6) is 23.0 Å². The number of rotatable bonds is 3. The van der Waals surface area contributed by atoms with Crippen LogP contribution in [-0.2, 0) is 4.79 Å². The number of hydrogen-bond donors (Lipinski definition) is 3. The van der Waals surface area contributed by atoms with Gasteiger partial charge >= 0.3 is 5.97 Å². The van der Waals surface area contributed by atoms with Crippen LogP contribution in [0.3, 0.4) is 0 Å². The molecule has 1 aliphatic rings. The van der Waals surface area contributed by atoms with E-state index in [-0.39, 0.29) is 40.0 Å². The van der Waals surface area contributed by atoms with Crippen LogP contribution in [-0.4, -0.2) is 28.3 Å². The molecular formula is C28H19NO8. The van der Waals surface area contributed by atoms with Crippen molar-refractivity contribution >= 4 is 27.8 Å². The SMILES string of the molecule is COc1ccc2[nH]c(=O)c([C@@H]3CC(=O)Oc4cc(O)c5c(=O)c(-c6ccc(O)cc6)coc5c43)cc2c1. The third-order valence-corrected chi connectivity index (χ3v) is 6.60. The first-order valence-corrected chi connectivity index (χ1v) is 11.4. The third kappa shape index (κ3) is 3.59. The molecule has 3 heterocycles. The number of methoxy groups -OCH3 is 1. The van der Waals surface area contributed by atoms with Gasteiger partial charge in [0.2, 0.25) is 5.43 Å². The van der Waals surface area contributed by atoms with E-state index in [0.717, 1.165) is 0 Å². The lowest BCUT2D eigenvalue weighted by molar-refractivity contribution is -0.135. The smallest absolute Gasteiger partial charge is 0.312 e. The van der Waals surface area contributed by atoms with E-state index in [1.165, 1.54) is 31.6 Å². The Bertz CT molecular complexity index is 1850. The number of fused-ring (bicyclic) bond motifs is 4. The highest BCUT2D eigenvalue weighted by atomic mass is 16.5. The number of aromatic nitrogens is 1. The molecule has 0 bridgehead atoms. The molecule has 3 N–H and O–H groups in total. The lowest BCUT2D eigenvalue weighted by Gasteiger charge is -2.25. The topological polar surface area (TPSA) is 139 Å². The number of carbonyl (C=O) groups is 1. The van der Waals surface area contributed by atoms with Gasteiger partial charge in [0.15, 0.2) is 0 Å². The van der Waals surface area contributed by atoms with Gasteiger partial charge in [-0.2, -0.15) is 0 Å². The third-order valence-electron chi connectivity index (χ3n) is 6.60. The molecule has 0 saturated heterocycles. The quantitative estimate of drug-likeness (QED) is 0.249. The van der Waals surface area contributed by atoms with Crippen LogP contribution >= 0.6 is 0 Å². The number of aromatic amines is 1. The zero-order chi connectivity index (χ0) is 25.8. The van der Waals surface area contributed by atoms with E-state index < -0.39 is 28.6 Å². The molecule has 1 aliphatic heterocycles. The summed E-state index contributed by atoms with van der Waals surface area (Å²) < 4.78 is 16.6. The van der Waals surface area contributed by atoms with Crippen molar-refractivity contribution in [3.63, 3.8) is 0 Å². The van der Waals surface area contributed by atoms with Crippen molar-refractivity contribution < 1.29 is 28.9 Å². The predicted molar refractivity (Wildman–Crippen MR) is 134 cm³/mol. The van der Waals surface area contributed by atoms with Crippen LogP contribution in [0.2, 0.25) is 0 Å². The Kier molecular flexibility index (Phi) is 5.01. The fraction of sp³-hybridized carbons (Fsp3) is 0.107. The van der Waals surface area contributed by atoms with Crippen molar-refractivity contribution in [2.75, 3.05) is 7.11 Å². The summed E-state index contributed by atoms with van der Waals surface area (Å²) in [5.74, 6) is -1.18. The molecule has 0 saturated carbocycles. The van der Waals surface area contributed by atoms with E-state index in [0.29, 0.717) is 27.8 Å². The van der Waals surface area contributed by atoms with Gasteiger partial charge in [-0.3, -0.25) is 14.4 Å². The Morgan fingerprint density at radius 1 is 1.00 bits per heavy atom. The summed E-state index contributed by atoms with van der Waals surface area (Å²) in [5.41, 5.74) is 0.924. The van der Waals surface area contributed by atoms with Crippen LogP contribution in [0.15, 0.2) is 74.9 Å². The number of benzene rings is 3. The van der Waals surface area contributed by atoms with Crippen LogP contribution in [0.1, 0.15) is 23.5 Å². The van der Waals surface area contributed by atoms with Gasteiger partial charge in [-0.1, -0.05) is 12.1 Å². The fourth-order valence-corrected chi connectivity index (χ4v) is 4.83. The second-order valence-corrected chi connectivity index (χ2v) is 8.77. The molecule has 0 unspecified atom stereocenters. The van der Waals surface area contributed by atoms with Crippen molar-refractivity contribution in [3.05, 3.63) is 92.6 Å². The maximum absolute atomic E-state index is 13.5. The van der Waals surface area contributed by atoms with Crippen molar-refractivity contribution in [2.24, 2.45) is 0 Å². The minimum absolute atomic E-state index is 0.0110. The molecule has 3 aromatic carbocycles. The number of ether oxygens (including phenoxy) is 2. The van der Waals surface area contributed by atoms with E-state index in [9.17, 15) is 24.6 Å². The Morgan fingerprint density at radius 2 is 1.78 bits per heavy atom. The van der Waals surface area contributed by atoms with Crippen molar-refractivity contribution in [2.45, 2.75) is 12.3 Å². The zero-order valence-corrected chi connectivity index (χ0v) is 19.4. The summed E-state index contributed by atoms with van der Waals surface area (Å²) >= 11 is 0. The zero-order valence-electron chi connectivity index (χ0n) is 19.4. The van der Waals surface area contributed by atoms with Crippen LogP contribution < -0.4 is 20.5 Å². The van der Waals surface area contributed by atoms with Gasteiger partial charge in [0.05, 0.1) is 19.1 Å². The molecule has 0 amide bonds. The van der Waals surface area contributed by atoms with Crippen LogP contribution in [0.25, 0.3) is 33.0 Å². The molecule has 1 atom stereocenters. The normalized spacial score (nSPS) is 14.9. The summed E-state index contributed by atoms with van der Waals surface area (Å²) in [6.07, 6.45) is 1.08. The van der Waals surface area contributed by atoms with Gasteiger partial charge < -0.3 is 29.1 Å². The number of H-pyrrole nitrogens is 1. The molecular weight excluding hydrogens is 478 g/mol. The Balaban J connectivity index is 1.61. The molecule has 0 spiro atoms. The molecule has 9 nitrogen and oxygen atoms in total. The number of aromatic hydroxyl groups is 2. The van der Waals surface area contributed by atoms with E-state index in [2.05, 4.69) is 4.98 Å². The molecule has 184 valence electrons. The van der Waals surface area contributed by atoms with Crippen LogP contribution in [0.4, 0.5) is 0 Å². The first kappa shape index (κ1) is 22.4. The summed E-state index contributed by atoms with van der Waals surface area (Å²) in [4.78, 5) is 42.0. The summed E-state index contributed by atoms with van der Waals surface area (Å²) in [7, 11) is 1.54. The Hall–Kier alpha value is -5.05. The van der Waals surface area contributed by atoms with Gasteiger partial charge in [-0.05, 0) is 42.0 Å². The average molecular weight is 497 g/mol. The van der Waals surface area contributed by atoms with E-state index in [4.69, 9.17) is 13.9 Å². The minimum Gasteiger partial charge on any atom is -0.508 e. The molecule has 5 aromatic rings. The standard InChI is InChI=1S/C28H19NO8/c1-35-16-6-7-20-14(8-16)9-18(28(34)29-20)17-10-23(32)37-22-11-21(31)25-26(33)19(12-36-27(25)24(17)22)13-2-4-15(30)5-3-13/h2-9,11-12,17,30-31H,10H2,1H3,(H,29,34)/t17-/m0/s1. The van der Waals surface area contributed by atoms with Gasteiger partial charge in [-0.25, -0.2) is 0 Å². The number of nitrogens with one attached hydrogen (secondary N) is 1. The van der Waals surface area contributed by atoms with Crippen molar-refractivity contribution in [1.29, 1.82) is 0 Å². The van der Waals surface area contributed by atoms with Crippen LogP contribution in [0, 0.1) is 0 Å². The predicted octanol–water partition coefficient (Wildman–Crippen LogP) is 4.16. The van der Waals surface area contributed by atoms with E-state index in [1.54, 1.807) is 36.4 Å². The number of phenols is 2. The first-order valence-electron chi connectivity index (χ1n) is 11.4. The maximum Gasteiger partial charge on any atom is 0.312 e. The molecule has 6 rings (SSSR count). The maximum atomic E-state index is 13.5. The monoisotopic (exact) mass is 497 g/mol. The fourth-order valence-electron chi connectivity index (χ4n) is 4.83. The number of pyridine rings is 1. The largest absolute Gasteiger partial charge is 0.508 e. The average Bonchev–Trinajstić information content (AvgIpc) is 2.88.